The number of nitrogens with one attached hydrogen (secondary N) is 1. The molecule has 0 atom stereocenters. The van der Waals surface area contributed by atoms with Crippen LogP contribution in [0.2, 0.25) is 10.0 Å². The molecule has 0 saturated heterocycles. The fourth-order valence-electron chi connectivity index (χ4n) is 3.10. The van der Waals surface area contributed by atoms with Crippen LogP contribution in [0.25, 0.3) is 0 Å². The molecule has 0 unspecified atom stereocenters. The van der Waals surface area contributed by atoms with Gasteiger partial charge in [0.2, 0.25) is 0 Å². The monoisotopic (exact) mass is 449 g/mol. The summed E-state index contributed by atoms with van der Waals surface area (Å²) in [6.07, 6.45) is 0. The van der Waals surface area contributed by atoms with Crippen molar-refractivity contribution < 1.29 is 9.47 Å². The van der Waals surface area contributed by atoms with Crippen molar-refractivity contribution in [2.24, 2.45) is 0 Å². The van der Waals surface area contributed by atoms with Gasteiger partial charge in [0.05, 0.1) is 5.02 Å². The van der Waals surface area contributed by atoms with Gasteiger partial charge in [-0.1, -0.05) is 71.7 Å². The molecule has 0 radical (unpaired) electrons. The summed E-state index contributed by atoms with van der Waals surface area (Å²) in [5.74, 6) is 2.21. The second kappa shape index (κ2) is 10.3. The molecule has 3 nitrogen and oxygen atoms in total. The standard InChI is InChI=1S/C26H21Cl2NO2/c27-21-15-20(26(25(28)16-21)30-18-19-7-3-1-4-8-19)17-29-22-11-13-24(14-12-22)31-23-9-5-2-6-10-23/h1-16,29H,17-18H2. The first-order valence-corrected chi connectivity index (χ1v) is 10.6. The molecule has 4 rings (SSSR count). The number of anilines is 1. The number of benzene rings is 4. The van der Waals surface area contributed by atoms with Gasteiger partial charge in [-0.2, -0.15) is 0 Å². The molecule has 0 bridgehead atoms. The number of ether oxygens (including phenoxy) is 2. The van der Waals surface area contributed by atoms with E-state index >= 15 is 0 Å². The van der Waals surface area contributed by atoms with E-state index in [1.165, 1.54) is 0 Å². The minimum atomic E-state index is 0.431. The van der Waals surface area contributed by atoms with Crippen LogP contribution in [0.5, 0.6) is 17.2 Å². The van der Waals surface area contributed by atoms with Crippen LogP contribution in [0, 0.1) is 0 Å². The molecule has 31 heavy (non-hydrogen) atoms. The van der Waals surface area contributed by atoms with Crippen molar-refractivity contribution in [2.75, 3.05) is 5.32 Å². The third-order valence-corrected chi connectivity index (χ3v) is 5.13. The highest BCUT2D eigenvalue weighted by Crippen LogP contribution is 2.34. The molecule has 1 N–H and O–H groups in total. The van der Waals surface area contributed by atoms with E-state index in [-0.39, 0.29) is 0 Å². The first-order valence-electron chi connectivity index (χ1n) is 9.89. The van der Waals surface area contributed by atoms with Crippen LogP contribution >= 0.6 is 23.2 Å². The highest BCUT2D eigenvalue weighted by atomic mass is 35.5. The van der Waals surface area contributed by atoms with Gasteiger partial charge in [0.25, 0.3) is 0 Å². The van der Waals surface area contributed by atoms with Gasteiger partial charge in [-0.25, -0.2) is 0 Å². The second-order valence-electron chi connectivity index (χ2n) is 6.94. The lowest BCUT2D eigenvalue weighted by atomic mass is 10.2. The van der Waals surface area contributed by atoms with E-state index in [0.717, 1.165) is 28.3 Å². The van der Waals surface area contributed by atoms with Gasteiger partial charge in [0.1, 0.15) is 23.9 Å². The molecule has 4 aromatic rings. The van der Waals surface area contributed by atoms with Crippen molar-refractivity contribution in [3.8, 4) is 17.2 Å². The van der Waals surface area contributed by atoms with Crippen LogP contribution in [0.3, 0.4) is 0 Å². The van der Waals surface area contributed by atoms with Crippen LogP contribution in [0.1, 0.15) is 11.1 Å². The molecule has 0 saturated carbocycles. The van der Waals surface area contributed by atoms with E-state index < -0.39 is 0 Å². The molecule has 0 aliphatic rings. The smallest absolute Gasteiger partial charge is 0.143 e. The lowest BCUT2D eigenvalue weighted by Crippen LogP contribution is -2.04. The Kier molecular flexibility index (Phi) is 6.98. The number of para-hydroxylation sites is 1. The Morgan fingerprint density at radius 2 is 1.35 bits per heavy atom. The van der Waals surface area contributed by atoms with Crippen molar-refractivity contribution in [3.63, 3.8) is 0 Å². The molecule has 0 spiro atoms. The van der Waals surface area contributed by atoms with E-state index in [0.29, 0.717) is 28.9 Å². The Morgan fingerprint density at radius 1 is 0.710 bits per heavy atom. The average Bonchev–Trinajstić information content (AvgIpc) is 2.79. The van der Waals surface area contributed by atoms with Crippen LogP contribution in [-0.2, 0) is 13.2 Å². The maximum atomic E-state index is 6.43. The number of hydrogen-bond donors (Lipinski definition) is 1. The lowest BCUT2D eigenvalue weighted by molar-refractivity contribution is 0.303. The van der Waals surface area contributed by atoms with Crippen LogP contribution < -0.4 is 14.8 Å². The van der Waals surface area contributed by atoms with Crippen molar-refractivity contribution in [1.82, 2.24) is 0 Å². The van der Waals surface area contributed by atoms with Gasteiger partial charge in [-0.15, -0.1) is 0 Å². The topological polar surface area (TPSA) is 30.5 Å². The molecule has 4 aromatic carbocycles. The molecule has 5 heteroatoms. The maximum absolute atomic E-state index is 6.43. The average molecular weight is 450 g/mol. The SMILES string of the molecule is Clc1cc(Cl)c(OCc2ccccc2)c(CNc2ccc(Oc3ccccc3)cc2)c1. The molecule has 0 aliphatic heterocycles. The number of hydrogen-bond acceptors (Lipinski definition) is 3. The Hall–Kier alpha value is -3.14. The second-order valence-corrected chi connectivity index (χ2v) is 7.79. The number of halogens is 2. The molecule has 0 heterocycles. The van der Waals surface area contributed by atoms with Crippen molar-refractivity contribution in [2.45, 2.75) is 13.2 Å². The zero-order valence-electron chi connectivity index (χ0n) is 16.7. The summed E-state index contributed by atoms with van der Waals surface area (Å²) in [4.78, 5) is 0. The Labute approximate surface area is 192 Å². The van der Waals surface area contributed by atoms with E-state index in [1.807, 2.05) is 91.0 Å². The van der Waals surface area contributed by atoms with E-state index in [2.05, 4.69) is 5.32 Å². The minimum absolute atomic E-state index is 0.431. The first-order chi connectivity index (χ1) is 15.2. The zero-order valence-corrected chi connectivity index (χ0v) is 18.2. The molecule has 0 aliphatic carbocycles. The van der Waals surface area contributed by atoms with Crippen molar-refractivity contribution in [3.05, 3.63) is 118 Å². The van der Waals surface area contributed by atoms with Gasteiger partial charge in [-0.3, -0.25) is 0 Å². The van der Waals surface area contributed by atoms with Crippen LogP contribution in [0.15, 0.2) is 97.1 Å². The quantitative estimate of drug-likeness (QED) is 0.295. The van der Waals surface area contributed by atoms with E-state index in [9.17, 15) is 0 Å². The van der Waals surface area contributed by atoms with Gasteiger partial charge < -0.3 is 14.8 Å². The fraction of sp³-hybridized carbons (Fsp3) is 0.0769. The largest absolute Gasteiger partial charge is 0.487 e. The van der Waals surface area contributed by atoms with Gasteiger partial charge in [0.15, 0.2) is 0 Å². The first kappa shape index (κ1) is 21.1. The highest BCUT2D eigenvalue weighted by molar-refractivity contribution is 6.35. The molecule has 0 amide bonds. The lowest BCUT2D eigenvalue weighted by Gasteiger charge is -2.15. The van der Waals surface area contributed by atoms with Crippen molar-refractivity contribution in [1.29, 1.82) is 0 Å². The Balaban J connectivity index is 1.42. The summed E-state index contributed by atoms with van der Waals surface area (Å²) < 4.78 is 11.9. The number of rotatable bonds is 8. The summed E-state index contributed by atoms with van der Waals surface area (Å²) in [5, 5.41) is 4.45. The summed E-state index contributed by atoms with van der Waals surface area (Å²) in [6, 6.07) is 31.0. The maximum Gasteiger partial charge on any atom is 0.143 e. The molecular formula is C26H21Cl2NO2. The van der Waals surface area contributed by atoms with E-state index in [1.54, 1.807) is 6.07 Å². The van der Waals surface area contributed by atoms with Crippen LogP contribution in [0.4, 0.5) is 5.69 Å². The minimum Gasteiger partial charge on any atom is -0.487 e. The third-order valence-electron chi connectivity index (χ3n) is 4.63. The van der Waals surface area contributed by atoms with Crippen LogP contribution in [-0.4, -0.2) is 0 Å². The predicted octanol–water partition coefficient (Wildman–Crippen LogP) is 7.98. The Morgan fingerprint density at radius 3 is 2.06 bits per heavy atom. The predicted molar refractivity (Wildman–Crippen MR) is 128 cm³/mol. The summed E-state index contributed by atoms with van der Waals surface area (Å²) in [6.45, 7) is 0.948. The summed E-state index contributed by atoms with van der Waals surface area (Å²) >= 11 is 12.7. The molecule has 0 fully saturated rings. The Bertz CT molecular complexity index is 1120. The van der Waals surface area contributed by atoms with Gasteiger partial charge in [-0.05, 0) is 54.1 Å². The summed E-state index contributed by atoms with van der Waals surface area (Å²) in [5.41, 5.74) is 2.91. The highest BCUT2D eigenvalue weighted by Gasteiger charge is 2.11. The van der Waals surface area contributed by atoms with E-state index in [4.69, 9.17) is 32.7 Å². The fourth-order valence-corrected chi connectivity index (χ4v) is 3.69. The third kappa shape index (κ3) is 5.94. The molecule has 0 aromatic heterocycles. The zero-order chi connectivity index (χ0) is 21.5. The molecule has 156 valence electrons. The van der Waals surface area contributed by atoms with Gasteiger partial charge >= 0.3 is 0 Å². The normalized spacial score (nSPS) is 10.5. The van der Waals surface area contributed by atoms with Crippen molar-refractivity contribution >= 4 is 28.9 Å². The molecular weight excluding hydrogens is 429 g/mol. The van der Waals surface area contributed by atoms with Gasteiger partial charge in [0, 0.05) is 22.8 Å². The summed E-state index contributed by atoms with van der Waals surface area (Å²) in [7, 11) is 0.